The number of hydrogen-bond acceptors (Lipinski definition) is 3. The van der Waals surface area contributed by atoms with Crippen LogP contribution in [0.25, 0.3) is 0 Å². The molecule has 1 heterocycles. The minimum Gasteiger partial charge on any atom is -0.341 e. The van der Waals surface area contributed by atoms with Crippen molar-refractivity contribution in [3.8, 4) is 0 Å². The largest absolute Gasteiger partial charge is 0.341 e. The molecular weight excluding hydrogens is 288 g/mol. The Morgan fingerprint density at radius 2 is 1.71 bits per heavy atom. The van der Waals surface area contributed by atoms with Crippen LogP contribution in [-0.4, -0.2) is 44.6 Å². The first-order valence-corrected chi connectivity index (χ1v) is 9.09. The predicted molar refractivity (Wildman–Crippen MR) is 83.7 cm³/mol. The third-order valence-corrected chi connectivity index (χ3v) is 4.99. The summed E-state index contributed by atoms with van der Waals surface area (Å²) in [7, 11) is -3.52. The summed E-state index contributed by atoms with van der Waals surface area (Å²) >= 11 is 0. The molecule has 1 atom stereocenters. The molecule has 0 aliphatic carbocycles. The Bertz CT molecular complexity index is 580. The van der Waals surface area contributed by atoms with Crippen molar-refractivity contribution < 1.29 is 13.2 Å². The minimum absolute atomic E-state index is 0.121. The number of rotatable bonds is 4. The number of sulfonamides is 1. The van der Waals surface area contributed by atoms with Gasteiger partial charge in [-0.2, -0.15) is 0 Å². The van der Waals surface area contributed by atoms with Crippen molar-refractivity contribution in [3.05, 3.63) is 30.3 Å². The maximum absolute atomic E-state index is 12.6. The van der Waals surface area contributed by atoms with Crippen molar-refractivity contribution in [1.82, 2.24) is 4.90 Å². The van der Waals surface area contributed by atoms with Gasteiger partial charge >= 0.3 is 0 Å². The number of para-hydroxylation sites is 1. The zero-order valence-corrected chi connectivity index (χ0v) is 13.3. The molecule has 1 unspecified atom stereocenters. The fourth-order valence-corrected chi connectivity index (χ4v) is 3.93. The molecule has 116 valence electrons. The maximum Gasteiger partial charge on any atom is 0.246 e. The van der Waals surface area contributed by atoms with Crippen molar-refractivity contribution in [2.45, 2.75) is 32.2 Å². The lowest BCUT2D eigenvalue weighted by Crippen LogP contribution is -2.50. The van der Waals surface area contributed by atoms with Crippen molar-refractivity contribution >= 4 is 21.6 Å². The molecule has 1 aliphatic rings. The van der Waals surface area contributed by atoms with E-state index in [1.807, 2.05) is 6.07 Å². The van der Waals surface area contributed by atoms with Crippen molar-refractivity contribution in [2.75, 3.05) is 23.7 Å². The van der Waals surface area contributed by atoms with Gasteiger partial charge < -0.3 is 4.90 Å². The molecule has 5 nitrogen and oxygen atoms in total. The number of anilines is 1. The highest BCUT2D eigenvalue weighted by atomic mass is 32.2. The summed E-state index contributed by atoms with van der Waals surface area (Å²) in [5.74, 6) is -0.121. The van der Waals surface area contributed by atoms with Crippen LogP contribution in [0.2, 0.25) is 0 Å². The van der Waals surface area contributed by atoms with Gasteiger partial charge in [0.25, 0.3) is 0 Å². The standard InChI is InChI=1S/C15H22N2O3S/c1-13(15(18)16-11-7-4-8-12-16)17(21(2,19)20)14-9-5-3-6-10-14/h3,5-6,9-10,13H,4,7-8,11-12H2,1-2H3. The molecule has 0 N–H and O–H groups in total. The van der Waals surface area contributed by atoms with Crippen LogP contribution in [-0.2, 0) is 14.8 Å². The van der Waals surface area contributed by atoms with Gasteiger partial charge in [0, 0.05) is 13.1 Å². The van der Waals surface area contributed by atoms with E-state index >= 15 is 0 Å². The summed E-state index contributed by atoms with van der Waals surface area (Å²) in [6.45, 7) is 3.09. The molecule has 1 amide bonds. The Kier molecular flexibility index (Phi) is 4.88. The van der Waals surface area contributed by atoms with Gasteiger partial charge in [-0.3, -0.25) is 9.10 Å². The molecule has 0 spiro atoms. The van der Waals surface area contributed by atoms with Gasteiger partial charge in [-0.1, -0.05) is 18.2 Å². The number of carbonyl (C=O) groups excluding carboxylic acids is 1. The maximum atomic E-state index is 12.6. The van der Waals surface area contributed by atoms with Gasteiger partial charge in [0.2, 0.25) is 15.9 Å². The van der Waals surface area contributed by atoms with Crippen molar-refractivity contribution in [2.24, 2.45) is 0 Å². The second kappa shape index (κ2) is 6.47. The molecule has 6 heteroatoms. The normalized spacial score (nSPS) is 17.3. The number of carbonyl (C=O) groups is 1. The van der Waals surface area contributed by atoms with Crippen LogP contribution in [0, 0.1) is 0 Å². The second-order valence-corrected chi connectivity index (χ2v) is 7.32. The number of hydrogen-bond donors (Lipinski definition) is 0. The molecule has 1 aliphatic heterocycles. The molecule has 1 aromatic rings. The first-order chi connectivity index (χ1) is 9.91. The Balaban J connectivity index is 2.27. The molecule has 0 saturated carbocycles. The van der Waals surface area contributed by atoms with Crippen LogP contribution in [0.1, 0.15) is 26.2 Å². The molecular formula is C15H22N2O3S. The molecule has 0 aromatic heterocycles. The van der Waals surface area contributed by atoms with E-state index in [2.05, 4.69) is 0 Å². The highest BCUT2D eigenvalue weighted by Gasteiger charge is 2.32. The van der Waals surface area contributed by atoms with E-state index in [0.717, 1.165) is 38.6 Å². The van der Waals surface area contributed by atoms with Gasteiger partial charge in [-0.25, -0.2) is 8.42 Å². The fraction of sp³-hybridized carbons (Fsp3) is 0.533. The molecule has 2 rings (SSSR count). The highest BCUT2D eigenvalue weighted by Crippen LogP contribution is 2.22. The fourth-order valence-electron chi connectivity index (χ4n) is 2.76. The van der Waals surface area contributed by atoms with Gasteiger partial charge in [-0.05, 0) is 38.3 Å². The molecule has 1 saturated heterocycles. The summed E-state index contributed by atoms with van der Waals surface area (Å²) in [4.78, 5) is 14.4. The van der Waals surface area contributed by atoms with Crippen LogP contribution in [0.15, 0.2) is 30.3 Å². The van der Waals surface area contributed by atoms with Crippen LogP contribution >= 0.6 is 0 Å². The average Bonchev–Trinajstić information content (AvgIpc) is 2.47. The average molecular weight is 310 g/mol. The monoisotopic (exact) mass is 310 g/mol. The number of benzene rings is 1. The Morgan fingerprint density at radius 1 is 1.14 bits per heavy atom. The van der Waals surface area contributed by atoms with Crippen molar-refractivity contribution in [3.63, 3.8) is 0 Å². The Morgan fingerprint density at radius 3 is 2.24 bits per heavy atom. The van der Waals surface area contributed by atoms with Gasteiger partial charge in [0.05, 0.1) is 11.9 Å². The van der Waals surface area contributed by atoms with E-state index in [1.165, 1.54) is 4.31 Å². The number of nitrogens with zero attached hydrogens (tertiary/aromatic N) is 2. The molecule has 0 radical (unpaired) electrons. The quantitative estimate of drug-likeness (QED) is 0.853. The summed E-state index contributed by atoms with van der Waals surface area (Å²) in [5.41, 5.74) is 0.526. The Hall–Kier alpha value is -1.56. The lowest BCUT2D eigenvalue weighted by atomic mass is 10.1. The van der Waals surface area contributed by atoms with Crippen molar-refractivity contribution in [1.29, 1.82) is 0 Å². The minimum atomic E-state index is -3.52. The molecule has 0 bridgehead atoms. The number of amides is 1. The predicted octanol–water partition coefficient (Wildman–Crippen LogP) is 1.85. The first-order valence-electron chi connectivity index (χ1n) is 7.24. The second-order valence-electron chi connectivity index (χ2n) is 5.46. The SMILES string of the molecule is CC(C(=O)N1CCCCC1)N(c1ccccc1)S(C)(=O)=O. The van der Waals surface area contributed by atoms with Crippen LogP contribution in [0.5, 0.6) is 0 Å². The lowest BCUT2D eigenvalue weighted by molar-refractivity contribution is -0.132. The van der Waals surface area contributed by atoms with E-state index in [4.69, 9.17) is 0 Å². The summed E-state index contributed by atoms with van der Waals surface area (Å²) in [6, 6.07) is 8.06. The third-order valence-electron chi connectivity index (χ3n) is 3.74. The summed E-state index contributed by atoms with van der Waals surface area (Å²) in [6.07, 6.45) is 4.25. The van der Waals surface area contributed by atoms with E-state index < -0.39 is 16.1 Å². The number of piperidine rings is 1. The third kappa shape index (κ3) is 3.75. The Labute approximate surface area is 126 Å². The zero-order chi connectivity index (χ0) is 15.5. The highest BCUT2D eigenvalue weighted by molar-refractivity contribution is 7.92. The van der Waals surface area contributed by atoms with Gasteiger partial charge in [0.1, 0.15) is 6.04 Å². The molecule has 1 aromatic carbocycles. The molecule has 21 heavy (non-hydrogen) atoms. The van der Waals surface area contributed by atoms with E-state index in [9.17, 15) is 13.2 Å². The zero-order valence-electron chi connectivity index (χ0n) is 12.5. The van der Waals surface area contributed by atoms with E-state index in [0.29, 0.717) is 5.69 Å². The van der Waals surface area contributed by atoms with E-state index in [1.54, 1.807) is 36.1 Å². The lowest BCUT2D eigenvalue weighted by Gasteiger charge is -2.34. The first kappa shape index (κ1) is 15.8. The van der Waals surface area contributed by atoms with Crippen LogP contribution in [0.3, 0.4) is 0 Å². The summed E-state index contributed by atoms with van der Waals surface area (Å²) in [5, 5.41) is 0. The van der Waals surface area contributed by atoms with Gasteiger partial charge in [0.15, 0.2) is 0 Å². The van der Waals surface area contributed by atoms with Crippen LogP contribution < -0.4 is 4.31 Å². The summed E-state index contributed by atoms with van der Waals surface area (Å²) < 4.78 is 25.4. The number of likely N-dealkylation sites (tertiary alicyclic amines) is 1. The van der Waals surface area contributed by atoms with E-state index in [-0.39, 0.29) is 5.91 Å². The smallest absolute Gasteiger partial charge is 0.246 e. The van der Waals surface area contributed by atoms with Gasteiger partial charge in [-0.15, -0.1) is 0 Å². The topological polar surface area (TPSA) is 57.7 Å². The molecule has 1 fully saturated rings. The van der Waals surface area contributed by atoms with Crippen LogP contribution in [0.4, 0.5) is 5.69 Å².